The first-order chi connectivity index (χ1) is 8.97. The summed E-state index contributed by atoms with van der Waals surface area (Å²) in [7, 11) is 0. The van der Waals surface area contributed by atoms with Gasteiger partial charge in [-0.05, 0) is 77.7 Å². The lowest BCUT2D eigenvalue weighted by Gasteiger charge is -2.11. The minimum absolute atomic E-state index is 0.480. The van der Waals surface area contributed by atoms with E-state index in [0.29, 0.717) is 0 Å². The highest BCUT2D eigenvalue weighted by Gasteiger charge is 2.07. The summed E-state index contributed by atoms with van der Waals surface area (Å²) in [6, 6.07) is 11.6. The molecule has 2 rings (SSSR count). The predicted molar refractivity (Wildman–Crippen MR) is 80.8 cm³/mol. The van der Waals surface area contributed by atoms with E-state index in [2.05, 4.69) is 29.8 Å². The van der Waals surface area contributed by atoms with Gasteiger partial charge in [0.2, 0.25) is 0 Å². The van der Waals surface area contributed by atoms with Crippen molar-refractivity contribution in [1.29, 1.82) is 0 Å². The molecule has 0 saturated carbocycles. The van der Waals surface area contributed by atoms with Crippen LogP contribution >= 0.6 is 15.9 Å². The molecule has 0 amide bonds. The van der Waals surface area contributed by atoms with Crippen LogP contribution in [0.25, 0.3) is 0 Å². The van der Waals surface area contributed by atoms with E-state index in [1.54, 1.807) is 6.92 Å². The largest absolute Gasteiger partial charge is 0.456 e. The minimum atomic E-state index is -0.480. The number of rotatable bonds is 3. The molecule has 0 fully saturated rings. The Morgan fingerprint density at radius 1 is 1.05 bits per heavy atom. The Morgan fingerprint density at radius 3 is 2.37 bits per heavy atom. The lowest BCUT2D eigenvalue weighted by atomic mass is 10.1. The van der Waals surface area contributed by atoms with Gasteiger partial charge in [-0.2, -0.15) is 0 Å². The average molecular weight is 321 g/mol. The maximum absolute atomic E-state index is 9.53. The first-order valence-corrected chi connectivity index (χ1v) is 6.99. The zero-order valence-corrected chi connectivity index (χ0v) is 12.9. The van der Waals surface area contributed by atoms with Crippen molar-refractivity contribution >= 4 is 15.9 Å². The molecule has 3 heteroatoms. The summed E-state index contributed by atoms with van der Waals surface area (Å²) >= 11 is 3.47. The topological polar surface area (TPSA) is 29.5 Å². The molecule has 0 radical (unpaired) electrons. The summed E-state index contributed by atoms with van der Waals surface area (Å²) in [5.41, 5.74) is 3.31. The van der Waals surface area contributed by atoms with Crippen molar-refractivity contribution in [2.24, 2.45) is 0 Å². The zero-order valence-electron chi connectivity index (χ0n) is 11.3. The molecule has 0 aliphatic carbocycles. The normalized spacial score (nSPS) is 12.3. The van der Waals surface area contributed by atoms with Crippen molar-refractivity contribution in [3.05, 3.63) is 57.6 Å². The summed E-state index contributed by atoms with van der Waals surface area (Å²) in [6.07, 6.45) is -0.480. The molecule has 2 nitrogen and oxygen atoms in total. The third-order valence-corrected chi connectivity index (χ3v) is 3.76. The maximum atomic E-state index is 9.53. The molecule has 1 unspecified atom stereocenters. The van der Waals surface area contributed by atoms with Gasteiger partial charge in [-0.3, -0.25) is 0 Å². The van der Waals surface area contributed by atoms with E-state index < -0.39 is 6.10 Å². The Labute approximate surface area is 122 Å². The van der Waals surface area contributed by atoms with E-state index in [-0.39, 0.29) is 0 Å². The van der Waals surface area contributed by atoms with Crippen molar-refractivity contribution in [2.45, 2.75) is 26.9 Å². The minimum Gasteiger partial charge on any atom is -0.456 e. The van der Waals surface area contributed by atoms with Crippen LogP contribution in [0.15, 0.2) is 40.9 Å². The Balaban J connectivity index is 2.25. The maximum Gasteiger partial charge on any atom is 0.141 e. The highest BCUT2D eigenvalue weighted by atomic mass is 79.9. The first kappa shape index (κ1) is 14.1. The monoisotopic (exact) mass is 320 g/mol. The van der Waals surface area contributed by atoms with E-state index in [1.807, 2.05) is 36.4 Å². The van der Waals surface area contributed by atoms with Crippen LogP contribution in [0.2, 0.25) is 0 Å². The number of hydrogen-bond acceptors (Lipinski definition) is 2. The van der Waals surface area contributed by atoms with Crippen molar-refractivity contribution < 1.29 is 9.84 Å². The number of halogens is 1. The third kappa shape index (κ3) is 3.37. The Morgan fingerprint density at radius 2 is 1.79 bits per heavy atom. The van der Waals surface area contributed by atoms with Gasteiger partial charge in [0, 0.05) is 0 Å². The van der Waals surface area contributed by atoms with Gasteiger partial charge in [0.05, 0.1) is 10.6 Å². The molecular formula is C16H17BrO2. The van der Waals surface area contributed by atoms with Crippen LogP contribution in [0, 0.1) is 13.8 Å². The second-order valence-electron chi connectivity index (χ2n) is 4.71. The summed E-state index contributed by atoms with van der Waals surface area (Å²) in [5, 5.41) is 9.53. The summed E-state index contributed by atoms with van der Waals surface area (Å²) in [4.78, 5) is 0. The van der Waals surface area contributed by atoms with Gasteiger partial charge < -0.3 is 9.84 Å². The molecule has 2 aromatic carbocycles. The summed E-state index contributed by atoms with van der Waals surface area (Å²) in [6.45, 7) is 5.88. The molecular weight excluding hydrogens is 304 g/mol. The van der Waals surface area contributed by atoms with Crippen LogP contribution in [-0.4, -0.2) is 5.11 Å². The first-order valence-electron chi connectivity index (χ1n) is 6.20. The fraction of sp³-hybridized carbons (Fsp3) is 0.250. The van der Waals surface area contributed by atoms with Crippen LogP contribution in [0.4, 0.5) is 0 Å². The Kier molecular flexibility index (Phi) is 4.27. The molecule has 1 atom stereocenters. The van der Waals surface area contributed by atoms with Gasteiger partial charge in [0.25, 0.3) is 0 Å². The van der Waals surface area contributed by atoms with Crippen molar-refractivity contribution in [3.63, 3.8) is 0 Å². The lowest BCUT2D eigenvalue weighted by molar-refractivity contribution is 0.199. The van der Waals surface area contributed by atoms with Gasteiger partial charge in [-0.1, -0.05) is 12.1 Å². The van der Waals surface area contributed by atoms with Crippen LogP contribution in [0.3, 0.4) is 0 Å². The van der Waals surface area contributed by atoms with Crippen LogP contribution < -0.4 is 4.74 Å². The number of benzene rings is 2. The summed E-state index contributed by atoms with van der Waals surface area (Å²) in [5.74, 6) is 1.56. The fourth-order valence-electron chi connectivity index (χ4n) is 1.76. The van der Waals surface area contributed by atoms with Crippen molar-refractivity contribution in [1.82, 2.24) is 0 Å². The standard InChI is InChI=1S/C16H17BrO2/c1-10-4-6-14(8-11(10)2)19-16-7-5-13(12(3)18)9-15(16)17/h4-9,12,18H,1-3H3. The van der Waals surface area contributed by atoms with E-state index in [0.717, 1.165) is 21.5 Å². The number of aryl methyl sites for hydroxylation is 2. The second kappa shape index (κ2) is 5.76. The van der Waals surface area contributed by atoms with Gasteiger partial charge in [-0.15, -0.1) is 0 Å². The number of aliphatic hydroxyl groups excluding tert-OH is 1. The quantitative estimate of drug-likeness (QED) is 0.870. The summed E-state index contributed by atoms with van der Waals surface area (Å²) < 4.78 is 6.69. The highest BCUT2D eigenvalue weighted by molar-refractivity contribution is 9.10. The average Bonchev–Trinajstić information content (AvgIpc) is 2.36. The SMILES string of the molecule is Cc1ccc(Oc2ccc(C(C)O)cc2Br)cc1C. The van der Waals surface area contributed by atoms with Gasteiger partial charge in [0.1, 0.15) is 11.5 Å². The van der Waals surface area contributed by atoms with Crippen molar-refractivity contribution in [2.75, 3.05) is 0 Å². The predicted octanol–water partition coefficient (Wildman–Crippen LogP) is 4.91. The molecule has 0 saturated heterocycles. The highest BCUT2D eigenvalue weighted by Crippen LogP contribution is 2.32. The van der Waals surface area contributed by atoms with E-state index in [4.69, 9.17) is 4.74 Å². The van der Waals surface area contributed by atoms with Crippen molar-refractivity contribution in [3.8, 4) is 11.5 Å². The fourth-order valence-corrected chi connectivity index (χ4v) is 2.24. The molecule has 0 aliphatic heterocycles. The Bertz CT molecular complexity index is 591. The number of hydrogen-bond donors (Lipinski definition) is 1. The smallest absolute Gasteiger partial charge is 0.141 e. The van der Waals surface area contributed by atoms with E-state index >= 15 is 0 Å². The van der Waals surface area contributed by atoms with Gasteiger partial charge >= 0.3 is 0 Å². The van der Waals surface area contributed by atoms with Crippen LogP contribution in [0.5, 0.6) is 11.5 Å². The lowest BCUT2D eigenvalue weighted by Crippen LogP contribution is -1.93. The molecule has 2 aromatic rings. The molecule has 0 aliphatic rings. The van der Waals surface area contributed by atoms with Crippen LogP contribution in [-0.2, 0) is 0 Å². The zero-order chi connectivity index (χ0) is 14.0. The number of aliphatic hydroxyl groups is 1. The Hall–Kier alpha value is -1.32. The van der Waals surface area contributed by atoms with Gasteiger partial charge in [0.15, 0.2) is 0 Å². The molecule has 0 bridgehead atoms. The van der Waals surface area contributed by atoms with Crippen LogP contribution in [0.1, 0.15) is 29.7 Å². The van der Waals surface area contributed by atoms with E-state index in [1.165, 1.54) is 11.1 Å². The second-order valence-corrected chi connectivity index (χ2v) is 5.57. The van der Waals surface area contributed by atoms with Gasteiger partial charge in [-0.25, -0.2) is 0 Å². The molecule has 19 heavy (non-hydrogen) atoms. The molecule has 100 valence electrons. The molecule has 0 spiro atoms. The third-order valence-electron chi connectivity index (χ3n) is 3.14. The number of ether oxygens (including phenoxy) is 1. The molecule has 1 N–H and O–H groups in total. The molecule has 0 heterocycles. The molecule has 0 aromatic heterocycles. The van der Waals surface area contributed by atoms with E-state index in [9.17, 15) is 5.11 Å².